The van der Waals surface area contributed by atoms with Gasteiger partial charge in [-0.2, -0.15) is 0 Å². The van der Waals surface area contributed by atoms with Crippen LogP contribution in [-0.2, 0) is 25.4 Å². The minimum atomic E-state index is -0.382. The summed E-state index contributed by atoms with van der Waals surface area (Å²) in [6.45, 7) is 2.64. The topological polar surface area (TPSA) is 90.3 Å². The van der Waals surface area contributed by atoms with Crippen LogP contribution < -0.4 is 17.0 Å². The average Bonchev–Trinajstić information content (AvgIpc) is 2.47. The Morgan fingerprint density at radius 3 is 2.52 bits per heavy atom. The fraction of sp³-hybridized carbons (Fsp3) is 0.643. The number of amides is 1. The largest absolute Gasteiger partial charge is 0.341 e. The van der Waals surface area contributed by atoms with E-state index in [2.05, 4.69) is 0 Å². The molecule has 0 spiro atoms. The molecule has 0 saturated heterocycles. The molecule has 1 heterocycles. The second-order valence-corrected chi connectivity index (χ2v) is 5.38. The van der Waals surface area contributed by atoms with Crippen LogP contribution in [0, 0.1) is 5.92 Å². The van der Waals surface area contributed by atoms with Gasteiger partial charge in [0.2, 0.25) is 5.91 Å². The molecule has 1 amide bonds. The number of carbonyl (C=O) groups excluding carboxylic acids is 1. The third-order valence-electron chi connectivity index (χ3n) is 3.72. The van der Waals surface area contributed by atoms with Crippen molar-refractivity contribution in [2.24, 2.45) is 25.7 Å². The van der Waals surface area contributed by atoms with Gasteiger partial charge in [-0.25, -0.2) is 4.79 Å². The first kappa shape index (κ1) is 17.2. The lowest BCUT2D eigenvalue weighted by Gasteiger charge is -2.20. The fourth-order valence-electron chi connectivity index (χ4n) is 2.13. The first-order valence-corrected chi connectivity index (χ1v) is 7.01. The molecule has 1 unspecified atom stereocenters. The highest BCUT2D eigenvalue weighted by Crippen LogP contribution is 2.09. The molecule has 0 bridgehead atoms. The zero-order chi connectivity index (χ0) is 16.2. The summed E-state index contributed by atoms with van der Waals surface area (Å²) in [5.74, 6) is 0.103. The van der Waals surface area contributed by atoms with Crippen LogP contribution in [0.4, 0.5) is 0 Å². The van der Waals surface area contributed by atoms with Gasteiger partial charge in [0.15, 0.2) is 0 Å². The molecule has 2 N–H and O–H groups in total. The summed E-state index contributed by atoms with van der Waals surface area (Å²) in [6.07, 6.45) is 2.70. The Morgan fingerprint density at radius 2 is 2.00 bits per heavy atom. The van der Waals surface area contributed by atoms with E-state index in [1.54, 1.807) is 14.1 Å². The van der Waals surface area contributed by atoms with Gasteiger partial charge in [-0.1, -0.05) is 13.3 Å². The van der Waals surface area contributed by atoms with Crippen molar-refractivity contribution in [1.82, 2.24) is 14.0 Å². The predicted molar refractivity (Wildman–Crippen MR) is 80.9 cm³/mol. The second kappa shape index (κ2) is 7.21. The van der Waals surface area contributed by atoms with Crippen molar-refractivity contribution in [1.29, 1.82) is 0 Å². The van der Waals surface area contributed by atoms with Crippen molar-refractivity contribution in [2.45, 2.75) is 26.3 Å². The zero-order valence-corrected chi connectivity index (χ0v) is 13.1. The molecule has 0 fully saturated rings. The van der Waals surface area contributed by atoms with Gasteiger partial charge in [0, 0.05) is 33.8 Å². The Bertz CT molecular complexity index is 614. The van der Waals surface area contributed by atoms with Gasteiger partial charge in [0.25, 0.3) is 5.56 Å². The Kier molecular flexibility index (Phi) is 5.90. The van der Waals surface area contributed by atoms with Gasteiger partial charge in [-0.15, -0.1) is 0 Å². The Morgan fingerprint density at radius 1 is 1.38 bits per heavy atom. The monoisotopic (exact) mass is 296 g/mol. The van der Waals surface area contributed by atoms with Crippen LogP contribution in [0.25, 0.3) is 0 Å². The molecular weight excluding hydrogens is 272 g/mol. The number of nitrogens with zero attached hydrogens (tertiary/aromatic N) is 3. The molecule has 0 aliphatic rings. The highest BCUT2D eigenvalue weighted by Gasteiger charge is 2.16. The SMILES string of the molecule is CCC(CN)CC(=O)N(C)Cc1cn(C)c(=O)n(C)c1=O. The van der Waals surface area contributed by atoms with Crippen molar-refractivity contribution >= 4 is 5.91 Å². The lowest BCUT2D eigenvalue weighted by atomic mass is 10.0. The number of hydrogen-bond donors (Lipinski definition) is 1. The Hall–Kier alpha value is -1.89. The second-order valence-electron chi connectivity index (χ2n) is 5.38. The molecule has 0 aliphatic heterocycles. The third kappa shape index (κ3) is 4.04. The van der Waals surface area contributed by atoms with Gasteiger partial charge in [-0.05, 0) is 12.5 Å². The molecule has 118 valence electrons. The summed E-state index contributed by atoms with van der Waals surface area (Å²) in [7, 11) is 4.66. The molecule has 1 aromatic rings. The minimum absolute atomic E-state index is 0.0526. The van der Waals surface area contributed by atoms with Gasteiger partial charge < -0.3 is 15.2 Å². The molecule has 0 aromatic carbocycles. The average molecular weight is 296 g/mol. The molecule has 1 rings (SSSR count). The lowest BCUT2D eigenvalue weighted by Crippen LogP contribution is -2.40. The molecule has 0 radical (unpaired) electrons. The molecule has 1 aromatic heterocycles. The summed E-state index contributed by atoms with van der Waals surface area (Å²) in [6, 6.07) is 0. The van der Waals surface area contributed by atoms with Crippen LogP contribution in [0.1, 0.15) is 25.3 Å². The van der Waals surface area contributed by atoms with E-state index in [1.807, 2.05) is 6.92 Å². The van der Waals surface area contributed by atoms with Crippen LogP contribution in [0.5, 0.6) is 0 Å². The standard InChI is InChI=1S/C14H24N4O3/c1-5-10(7-15)6-12(19)16(2)8-11-9-17(3)14(21)18(4)13(11)20/h9-10H,5-8,15H2,1-4H3. The quantitative estimate of drug-likeness (QED) is 0.760. The summed E-state index contributed by atoms with van der Waals surface area (Å²) >= 11 is 0. The molecule has 1 atom stereocenters. The maximum atomic E-state index is 12.1. The van der Waals surface area contributed by atoms with Crippen LogP contribution >= 0.6 is 0 Å². The summed E-state index contributed by atoms with van der Waals surface area (Å²) < 4.78 is 2.38. The van der Waals surface area contributed by atoms with Gasteiger partial charge in [0.05, 0.1) is 12.1 Å². The third-order valence-corrected chi connectivity index (χ3v) is 3.72. The van der Waals surface area contributed by atoms with Crippen molar-refractivity contribution < 1.29 is 4.79 Å². The maximum Gasteiger partial charge on any atom is 0.330 e. The smallest absolute Gasteiger partial charge is 0.330 e. The van der Waals surface area contributed by atoms with Crippen LogP contribution in [0.3, 0.4) is 0 Å². The number of carbonyl (C=O) groups is 1. The number of aryl methyl sites for hydroxylation is 1. The first-order chi connectivity index (χ1) is 9.81. The van der Waals surface area contributed by atoms with E-state index < -0.39 is 0 Å². The van der Waals surface area contributed by atoms with E-state index in [0.717, 1.165) is 11.0 Å². The molecule has 7 nitrogen and oxygen atoms in total. The number of hydrogen-bond acceptors (Lipinski definition) is 4. The lowest BCUT2D eigenvalue weighted by molar-refractivity contribution is -0.131. The van der Waals surface area contributed by atoms with Crippen molar-refractivity contribution in [2.75, 3.05) is 13.6 Å². The maximum absolute atomic E-state index is 12.1. The van der Waals surface area contributed by atoms with E-state index in [0.29, 0.717) is 18.5 Å². The van der Waals surface area contributed by atoms with Gasteiger partial charge in [-0.3, -0.25) is 14.2 Å². The van der Waals surface area contributed by atoms with E-state index in [-0.39, 0.29) is 29.6 Å². The van der Waals surface area contributed by atoms with Crippen LogP contribution in [-0.4, -0.2) is 33.5 Å². The Balaban J connectivity index is 2.89. The first-order valence-electron chi connectivity index (χ1n) is 7.01. The number of nitrogens with two attached hydrogens (primary N) is 1. The van der Waals surface area contributed by atoms with E-state index in [9.17, 15) is 14.4 Å². The van der Waals surface area contributed by atoms with Crippen molar-refractivity contribution in [3.8, 4) is 0 Å². The highest BCUT2D eigenvalue weighted by atomic mass is 16.2. The summed E-state index contributed by atoms with van der Waals surface area (Å²) in [4.78, 5) is 37.3. The van der Waals surface area contributed by atoms with Gasteiger partial charge in [0.1, 0.15) is 0 Å². The van der Waals surface area contributed by atoms with Crippen LogP contribution in [0.2, 0.25) is 0 Å². The summed E-state index contributed by atoms with van der Waals surface area (Å²) in [5.41, 5.74) is 5.26. The zero-order valence-electron chi connectivity index (χ0n) is 13.1. The highest BCUT2D eigenvalue weighted by molar-refractivity contribution is 5.76. The number of rotatable bonds is 6. The van der Waals surface area contributed by atoms with E-state index in [4.69, 9.17) is 5.73 Å². The molecule has 0 saturated carbocycles. The fourth-order valence-corrected chi connectivity index (χ4v) is 2.13. The minimum Gasteiger partial charge on any atom is -0.341 e. The van der Waals surface area contributed by atoms with Crippen LogP contribution in [0.15, 0.2) is 15.8 Å². The summed E-state index contributed by atoms with van der Waals surface area (Å²) in [5, 5.41) is 0. The Labute approximate surface area is 124 Å². The number of aromatic nitrogens is 2. The molecule has 7 heteroatoms. The normalized spacial score (nSPS) is 12.2. The molecular formula is C14H24N4O3. The van der Waals surface area contributed by atoms with E-state index >= 15 is 0 Å². The van der Waals surface area contributed by atoms with Gasteiger partial charge >= 0.3 is 5.69 Å². The van der Waals surface area contributed by atoms with Crippen molar-refractivity contribution in [3.05, 3.63) is 32.6 Å². The molecule has 0 aliphatic carbocycles. The predicted octanol–water partition coefficient (Wildman–Crippen LogP) is -0.583. The van der Waals surface area contributed by atoms with Crippen molar-refractivity contribution in [3.63, 3.8) is 0 Å². The molecule has 21 heavy (non-hydrogen) atoms. The van der Waals surface area contributed by atoms with E-state index in [1.165, 1.54) is 22.7 Å².